The van der Waals surface area contributed by atoms with Crippen molar-refractivity contribution in [1.82, 2.24) is 9.55 Å². The van der Waals surface area contributed by atoms with Crippen molar-refractivity contribution in [2.45, 2.75) is 11.8 Å². The summed E-state index contributed by atoms with van der Waals surface area (Å²) in [5, 5.41) is 21.1. The molecule has 0 atom stereocenters. The molecule has 0 radical (unpaired) electrons. The minimum atomic E-state index is -0.738. The number of thioether (sulfide) groups is 1. The van der Waals surface area contributed by atoms with Crippen molar-refractivity contribution in [3.63, 3.8) is 0 Å². The number of aromatic hydroxyl groups is 1. The van der Waals surface area contributed by atoms with Gasteiger partial charge >= 0.3 is 5.69 Å². The zero-order valence-corrected chi connectivity index (χ0v) is 15.0. The van der Waals surface area contributed by atoms with Crippen LogP contribution < -0.4 is 11.2 Å². The molecule has 0 spiro atoms. The molecule has 0 bridgehead atoms. The topological polar surface area (TPSA) is 111 Å². The second-order valence-corrected chi connectivity index (χ2v) is 6.47. The van der Waals surface area contributed by atoms with Gasteiger partial charge in [-0.2, -0.15) is 5.26 Å². The Kier molecular flexibility index (Phi) is 5.24. The number of H-pyrrole nitrogens is 1. The number of nitrogens with one attached hydrogen (secondary N) is 1. The highest BCUT2D eigenvalue weighted by Crippen LogP contribution is 2.21. The standard InChI is InChI=1S/C19H14N4O3S/c1-12-3-2-4-14(9-12)23-18(25)16(17(24)22-19(23)26)10-21-13-5-7-15(8-6-13)27-11-20/h2-10,25H,1H3,(H,22,24,26). The molecule has 1 aromatic heterocycles. The Morgan fingerprint density at radius 2 is 1.96 bits per heavy atom. The van der Waals surface area contributed by atoms with Gasteiger partial charge in [0.1, 0.15) is 11.0 Å². The lowest BCUT2D eigenvalue weighted by Gasteiger charge is -2.10. The highest BCUT2D eigenvalue weighted by Gasteiger charge is 2.14. The van der Waals surface area contributed by atoms with Gasteiger partial charge in [0.2, 0.25) is 5.88 Å². The monoisotopic (exact) mass is 378 g/mol. The fraction of sp³-hybridized carbons (Fsp3) is 0.0526. The van der Waals surface area contributed by atoms with Crippen LogP contribution in [0.5, 0.6) is 5.88 Å². The summed E-state index contributed by atoms with van der Waals surface area (Å²) in [5.41, 5.74) is 0.257. The number of rotatable bonds is 4. The molecule has 2 aromatic carbocycles. The fourth-order valence-corrected chi connectivity index (χ4v) is 2.83. The molecule has 0 aliphatic heterocycles. The number of thiocyanates is 1. The first-order valence-corrected chi connectivity index (χ1v) is 8.66. The van der Waals surface area contributed by atoms with E-state index in [4.69, 9.17) is 5.26 Å². The Morgan fingerprint density at radius 1 is 1.22 bits per heavy atom. The molecule has 3 rings (SSSR count). The van der Waals surface area contributed by atoms with E-state index in [1.807, 2.05) is 18.4 Å². The van der Waals surface area contributed by atoms with Crippen molar-refractivity contribution < 1.29 is 5.11 Å². The highest BCUT2D eigenvalue weighted by molar-refractivity contribution is 8.03. The lowest BCUT2D eigenvalue weighted by molar-refractivity contribution is 0.430. The van der Waals surface area contributed by atoms with Crippen LogP contribution in [-0.2, 0) is 0 Å². The molecule has 1 heterocycles. The summed E-state index contributed by atoms with van der Waals surface area (Å²) < 4.78 is 1.02. The first-order valence-electron chi connectivity index (χ1n) is 7.85. The summed E-state index contributed by atoms with van der Waals surface area (Å²) in [4.78, 5) is 31.4. The predicted octanol–water partition coefficient (Wildman–Crippen LogP) is 2.86. The average Bonchev–Trinajstić information content (AvgIpc) is 2.63. The van der Waals surface area contributed by atoms with Gasteiger partial charge in [-0.25, -0.2) is 9.36 Å². The van der Waals surface area contributed by atoms with Crippen molar-refractivity contribution >= 4 is 23.7 Å². The third-order valence-electron chi connectivity index (χ3n) is 3.72. The molecule has 2 N–H and O–H groups in total. The lowest BCUT2D eigenvalue weighted by Crippen LogP contribution is -2.31. The smallest absolute Gasteiger partial charge is 0.335 e. The van der Waals surface area contributed by atoms with E-state index in [2.05, 4.69) is 9.98 Å². The number of aromatic nitrogens is 2. The van der Waals surface area contributed by atoms with Gasteiger partial charge in [0.05, 0.1) is 11.4 Å². The number of hydrogen-bond donors (Lipinski definition) is 2. The van der Waals surface area contributed by atoms with Crippen LogP contribution in [0.25, 0.3) is 5.69 Å². The molecule has 0 unspecified atom stereocenters. The van der Waals surface area contributed by atoms with Crippen molar-refractivity contribution in [2.24, 2.45) is 4.99 Å². The van der Waals surface area contributed by atoms with E-state index in [1.54, 1.807) is 42.5 Å². The molecule has 3 aromatic rings. The van der Waals surface area contributed by atoms with Gasteiger partial charge in [0.25, 0.3) is 5.56 Å². The van der Waals surface area contributed by atoms with Gasteiger partial charge in [0, 0.05) is 11.1 Å². The molecule has 8 heteroatoms. The van der Waals surface area contributed by atoms with Crippen LogP contribution >= 0.6 is 11.8 Å². The first kappa shape index (κ1) is 18.2. The van der Waals surface area contributed by atoms with Crippen LogP contribution in [0.15, 0.2) is 68.0 Å². The van der Waals surface area contributed by atoms with E-state index in [0.29, 0.717) is 11.4 Å². The summed E-state index contributed by atoms with van der Waals surface area (Å²) in [6, 6.07) is 13.8. The van der Waals surface area contributed by atoms with E-state index < -0.39 is 17.1 Å². The number of nitrogens with zero attached hydrogens (tertiary/aromatic N) is 3. The molecule has 0 saturated heterocycles. The molecular formula is C19H14N4O3S. The maximum Gasteiger partial charge on any atom is 0.335 e. The number of nitriles is 1. The molecular weight excluding hydrogens is 364 g/mol. The van der Waals surface area contributed by atoms with Gasteiger partial charge in [-0.05, 0) is 60.6 Å². The summed E-state index contributed by atoms with van der Waals surface area (Å²) >= 11 is 1.03. The zero-order valence-electron chi connectivity index (χ0n) is 14.2. The molecule has 0 aliphatic rings. The van der Waals surface area contributed by atoms with Gasteiger partial charge in [0.15, 0.2) is 0 Å². The zero-order chi connectivity index (χ0) is 19.4. The fourth-order valence-electron chi connectivity index (χ4n) is 2.45. The summed E-state index contributed by atoms with van der Waals surface area (Å²) in [7, 11) is 0. The van der Waals surface area contributed by atoms with Gasteiger partial charge in [-0.1, -0.05) is 12.1 Å². The van der Waals surface area contributed by atoms with E-state index in [9.17, 15) is 14.7 Å². The summed E-state index contributed by atoms with van der Waals surface area (Å²) in [6.45, 7) is 1.86. The molecule has 0 fully saturated rings. The van der Waals surface area contributed by atoms with Crippen LogP contribution in [0.3, 0.4) is 0 Å². The Bertz CT molecular complexity index is 1170. The lowest BCUT2D eigenvalue weighted by atomic mass is 10.2. The SMILES string of the molecule is Cc1cccc(-n2c(O)c(C=Nc3ccc(SC#N)cc3)c(=O)[nH]c2=O)c1. The Balaban J connectivity index is 2.03. The Hall–Kier alpha value is -3.57. The first-order chi connectivity index (χ1) is 13.0. The average molecular weight is 378 g/mol. The van der Waals surface area contributed by atoms with Crippen molar-refractivity contribution in [3.8, 4) is 17.0 Å². The van der Waals surface area contributed by atoms with Crippen molar-refractivity contribution in [3.05, 3.63) is 80.5 Å². The van der Waals surface area contributed by atoms with E-state index >= 15 is 0 Å². The van der Waals surface area contributed by atoms with Gasteiger partial charge < -0.3 is 5.11 Å². The van der Waals surface area contributed by atoms with Crippen LogP contribution in [0.2, 0.25) is 0 Å². The summed E-state index contributed by atoms with van der Waals surface area (Å²) in [5.74, 6) is -0.491. The minimum Gasteiger partial charge on any atom is -0.493 e. The summed E-state index contributed by atoms with van der Waals surface area (Å²) in [6.07, 6.45) is 1.20. The maximum atomic E-state index is 12.2. The predicted molar refractivity (Wildman–Crippen MR) is 104 cm³/mol. The Morgan fingerprint density at radius 3 is 2.63 bits per heavy atom. The van der Waals surface area contributed by atoms with Crippen LogP contribution in [-0.4, -0.2) is 20.9 Å². The number of hydrogen-bond acceptors (Lipinski definition) is 6. The van der Waals surface area contributed by atoms with E-state index in [0.717, 1.165) is 26.8 Å². The van der Waals surface area contributed by atoms with Crippen LogP contribution in [0.1, 0.15) is 11.1 Å². The van der Waals surface area contributed by atoms with Crippen molar-refractivity contribution in [1.29, 1.82) is 5.26 Å². The van der Waals surface area contributed by atoms with Gasteiger partial charge in [-0.3, -0.25) is 14.8 Å². The largest absolute Gasteiger partial charge is 0.493 e. The molecule has 0 amide bonds. The second-order valence-electron chi connectivity index (χ2n) is 5.62. The quantitative estimate of drug-likeness (QED) is 0.412. The minimum absolute atomic E-state index is 0.133. The van der Waals surface area contributed by atoms with Crippen LogP contribution in [0, 0.1) is 17.6 Å². The molecule has 0 saturated carbocycles. The Labute approximate surface area is 158 Å². The maximum absolute atomic E-state index is 12.2. The van der Waals surface area contributed by atoms with E-state index in [1.165, 1.54) is 6.21 Å². The van der Waals surface area contributed by atoms with Crippen molar-refractivity contribution in [2.75, 3.05) is 0 Å². The molecule has 0 aliphatic carbocycles. The second kappa shape index (κ2) is 7.76. The van der Waals surface area contributed by atoms with E-state index in [-0.39, 0.29) is 5.56 Å². The number of aryl methyl sites for hydroxylation is 1. The normalized spacial score (nSPS) is 10.8. The molecule has 27 heavy (non-hydrogen) atoms. The number of aliphatic imine (C=N–C) groups is 1. The third-order valence-corrected chi connectivity index (χ3v) is 4.32. The highest BCUT2D eigenvalue weighted by atomic mass is 32.2. The number of aromatic amines is 1. The third kappa shape index (κ3) is 3.99. The molecule has 7 nitrogen and oxygen atoms in total. The van der Waals surface area contributed by atoms with Crippen LogP contribution in [0.4, 0.5) is 5.69 Å². The molecule has 134 valence electrons. The number of benzene rings is 2. The van der Waals surface area contributed by atoms with Gasteiger partial charge in [-0.15, -0.1) is 0 Å².